The van der Waals surface area contributed by atoms with E-state index in [4.69, 9.17) is 9.47 Å². The topological polar surface area (TPSA) is 77.8 Å². The van der Waals surface area contributed by atoms with Gasteiger partial charge in [0.05, 0.1) is 18.9 Å². The molecule has 1 aromatic heterocycles. The number of aromatic carboxylic acids is 1. The van der Waals surface area contributed by atoms with Crippen LogP contribution >= 0.6 is 0 Å². The summed E-state index contributed by atoms with van der Waals surface area (Å²) in [5, 5.41) is 9.49. The van der Waals surface area contributed by atoms with Crippen molar-refractivity contribution in [1.82, 2.24) is 4.57 Å². The van der Waals surface area contributed by atoms with Gasteiger partial charge in [-0.25, -0.2) is 4.79 Å². The predicted molar refractivity (Wildman–Crippen MR) is 106 cm³/mol. The van der Waals surface area contributed by atoms with Gasteiger partial charge in [-0.3, -0.25) is 4.79 Å². The van der Waals surface area contributed by atoms with E-state index in [1.165, 1.54) is 6.20 Å². The number of pyridine rings is 1. The third-order valence-corrected chi connectivity index (χ3v) is 5.67. The van der Waals surface area contributed by atoms with Crippen LogP contribution in [0.25, 0.3) is 11.3 Å². The zero-order valence-corrected chi connectivity index (χ0v) is 16.3. The maximum atomic E-state index is 12.7. The van der Waals surface area contributed by atoms with E-state index in [0.29, 0.717) is 24.5 Å². The van der Waals surface area contributed by atoms with Gasteiger partial charge >= 0.3 is 5.97 Å². The van der Waals surface area contributed by atoms with E-state index in [1.807, 2.05) is 16.7 Å². The van der Waals surface area contributed by atoms with Crippen molar-refractivity contribution in [3.63, 3.8) is 0 Å². The molecule has 0 fully saturated rings. The van der Waals surface area contributed by atoms with E-state index >= 15 is 0 Å². The van der Waals surface area contributed by atoms with Crippen LogP contribution in [-0.4, -0.2) is 28.9 Å². The van der Waals surface area contributed by atoms with E-state index in [0.717, 1.165) is 54.7 Å². The number of hydrogen-bond acceptors (Lipinski definition) is 4. The molecule has 28 heavy (non-hydrogen) atoms. The van der Waals surface area contributed by atoms with Crippen molar-refractivity contribution >= 4 is 5.97 Å². The fourth-order valence-corrected chi connectivity index (χ4v) is 4.22. The minimum Gasteiger partial charge on any atom is -0.490 e. The number of ether oxygens (including phenoxy) is 2. The fraction of sp³-hybridized carbons (Fsp3) is 0.455. The molecule has 2 aliphatic heterocycles. The number of carboxylic acid groups (broad SMARTS) is 1. The molecule has 3 heterocycles. The van der Waals surface area contributed by atoms with Crippen molar-refractivity contribution in [1.29, 1.82) is 0 Å². The predicted octanol–water partition coefficient (Wildman–Crippen LogP) is 3.97. The zero-order chi connectivity index (χ0) is 19.8. The van der Waals surface area contributed by atoms with Crippen LogP contribution in [0.15, 0.2) is 23.1 Å². The van der Waals surface area contributed by atoms with Crippen LogP contribution in [0.5, 0.6) is 11.5 Å². The minimum absolute atomic E-state index is 0.115. The summed E-state index contributed by atoms with van der Waals surface area (Å²) in [7, 11) is 0. The van der Waals surface area contributed by atoms with E-state index < -0.39 is 11.4 Å². The number of carbonyl (C=O) groups is 1. The summed E-state index contributed by atoms with van der Waals surface area (Å²) in [5.74, 6) is 0.257. The normalized spacial score (nSPS) is 17.4. The molecule has 0 bridgehead atoms. The van der Waals surface area contributed by atoms with Crippen molar-refractivity contribution < 1.29 is 19.4 Å². The Morgan fingerprint density at radius 2 is 1.96 bits per heavy atom. The van der Waals surface area contributed by atoms with Gasteiger partial charge in [-0.1, -0.05) is 19.8 Å². The Labute approximate surface area is 163 Å². The third-order valence-electron chi connectivity index (χ3n) is 5.67. The van der Waals surface area contributed by atoms with Gasteiger partial charge in [-0.2, -0.15) is 0 Å². The summed E-state index contributed by atoms with van der Waals surface area (Å²) in [4.78, 5) is 24.3. The second-order valence-electron chi connectivity index (χ2n) is 7.56. The van der Waals surface area contributed by atoms with Crippen molar-refractivity contribution in [3.8, 4) is 22.8 Å². The van der Waals surface area contributed by atoms with Crippen molar-refractivity contribution in [2.24, 2.45) is 0 Å². The highest BCUT2D eigenvalue weighted by Crippen LogP contribution is 2.43. The van der Waals surface area contributed by atoms with Crippen LogP contribution in [0, 0.1) is 6.92 Å². The molecule has 0 saturated heterocycles. The highest BCUT2D eigenvalue weighted by molar-refractivity contribution is 5.88. The van der Waals surface area contributed by atoms with Crippen LogP contribution in [0.2, 0.25) is 0 Å². The third kappa shape index (κ3) is 3.07. The largest absolute Gasteiger partial charge is 0.490 e. The quantitative estimate of drug-likeness (QED) is 0.864. The maximum Gasteiger partial charge on any atom is 0.341 e. The molecular weight excluding hydrogens is 358 g/mol. The number of unbranched alkanes of at least 4 members (excludes halogenated alkanes) is 1. The molecule has 0 spiro atoms. The van der Waals surface area contributed by atoms with Crippen molar-refractivity contribution in [2.75, 3.05) is 13.2 Å². The molecule has 4 rings (SSSR count). The Bertz CT molecular complexity index is 991. The van der Waals surface area contributed by atoms with Crippen LogP contribution in [0.3, 0.4) is 0 Å². The first kappa shape index (κ1) is 18.6. The van der Waals surface area contributed by atoms with Crippen LogP contribution in [0.1, 0.15) is 60.1 Å². The zero-order valence-electron chi connectivity index (χ0n) is 16.3. The lowest BCUT2D eigenvalue weighted by Crippen LogP contribution is -2.28. The molecule has 1 atom stereocenters. The lowest BCUT2D eigenvalue weighted by Gasteiger charge is -2.32. The maximum absolute atomic E-state index is 12.7. The summed E-state index contributed by atoms with van der Waals surface area (Å²) in [6.45, 7) is 5.08. The molecule has 0 amide bonds. The Kier molecular flexibility index (Phi) is 4.87. The molecule has 0 aliphatic carbocycles. The minimum atomic E-state index is -1.18. The summed E-state index contributed by atoms with van der Waals surface area (Å²) in [5.41, 5.74) is 2.73. The SMILES string of the molecule is CCCCC1Cc2cc3c(cc2-c2c(C)c(=O)c(C(=O)O)cn21)OCCCO3. The Hall–Kier alpha value is -2.76. The molecule has 1 unspecified atom stereocenters. The number of nitrogens with zero attached hydrogens (tertiary/aromatic N) is 1. The Balaban J connectivity index is 1.94. The second-order valence-corrected chi connectivity index (χ2v) is 7.56. The standard InChI is InChI=1S/C22H25NO5/c1-3-4-6-15-9-14-10-18-19(28-8-5-7-27-18)11-16(14)20-13(2)21(24)17(22(25)26)12-23(15)20/h10-12,15H,3-9H2,1-2H3,(H,25,26). The average Bonchev–Trinajstić information content (AvgIpc) is 2.91. The average molecular weight is 383 g/mol. The Morgan fingerprint density at radius 3 is 2.64 bits per heavy atom. The fourth-order valence-electron chi connectivity index (χ4n) is 4.22. The van der Waals surface area contributed by atoms with Gasteiger partial charge in [0.25, 0.3) is 0 Å². The van der Waals surface area contributed by atoms with E-state index in [2.05, 4.69) is 6.92 Å². The van der Waals surface area contributed by atoms with Crippen molar-refractivity contribution in [2.45, 2.75) is 52.0 Å². The summed E-state index contributed by atoms with van der Waals surface area (Å²) >= 11 is 0. The van der Waals surface area contributed by atoms with Gasteiger partial charge in [-0.15, -0.1) is 0 Å². The van der Waals surface area contributed by atoms with E-state index in [-0.39, 0.29) is 11.6 Å². The number of carboxylic acids is 1. The monoisotopic (exact) mass is 383 g/mol. The molecule has 2 aliphatic rings. The summed E-state index contributed by atoms with van der Waals surface area (Å²) in [6, 6.07) is 4.10. The molecule has 6 heteroatoms. The Morgan fingerprint density at radius 1 is 1.25 bits per heavy atom. The first-order valence-corrected chi connectivity index (χ1v) is 9.93. The highest BCUT2D eigenvalue weighted by atomic mass is 16.5. The van der Waals surface area contributed by atoms with Gasteiger partial charge in [0.15, 0.2) is 16.9 Å². The second kappa shape index (κ2) is 7.34. The van der Waals surface area contributed by atoms with Gasteiger partial charge in [0.1, 0.15) is 5.56 Å². The molecule has 0 radical (unpaired) electrons. The molecule has 1 aromatic carbocycles. The molecule has 148 valence electrons. The van der Waals surface area contributed by atoms with Gasteiger partial charge in [0.2, 0.25) is 0 Å². The number of fused-ring (bicyclic) bond motifs is 4. The van der Waals surface area contributed by atoms with Gasteiger partial charge < -0.3 is 19.1 Å². The molecule has 6 nitrogen and oxygen atoms in total. The highest BCUT2D eigenvalue weighted by Gasteiger charge is 2.30. The first-order valence-electron chi connectivity index (χ1n) is 9.93. The van der Waals surface area contributed by atoms with E-state index in [9.17, 15) is 14.7 Å². The summed E-state index contributed by atoms with van der Waals surface area (Å²) in [6.07, 6.45) is 6.16. The lowest BCUT2D eigenvalue weighted by molar-refractivity contribution is 0.0694. The number of hydrogen-bond donors (Lipinski definition) is 1. The van der Waals surface area contributed by atoms with Crippen LogP contribution in [0.4, 0.5) is 0 Å². The number of rotatable bonds is 4. The van der Waals surface area contributed by atoms with E-state index in [1.54, 1.807) is 6.92 Å². The molecule has 2 aromatic rings. The molecule has 0 saturated carbocycles. The van der Waals surface area contributed by atoms with Crippen LogP contribution < -0.4 is 14.9 Å². The molecular formula is C22H25NO5. The summed E-state index contributed by atoms with van der Waals surface area (Å²) < 4.78 is 13.7. The van der Waals surface area contributed by atoms with Crippen LogP contribution in [-0.2, 0) is 6.42 Å². The molecule has 1 N–H and O–H groups in total. The number of aromatic nitrogens is 1. The lowest BCUT2D eigenvalue weighted by atomic mass is 9.88. The van der Waals surface area contributed by atoms with Crippen molar-refractivity contribution in [3.05, 3.63) is 45.2 Å². The first-order chi connectivity index (χ1) is 13.5. The number of benzene rings is 1. The van der Waals surface area contributed by atoms with Gasteiger partial charge in [0, 0.05) is 29.8 Å². The van der Waals surface area contributed by atoms with Gasteiger partial charge in [-0.05, 0) is 37.5 Å². The smallest absolute Gasteiger partial charge is 0.341 e.